The van der Waals surface area contributed by atoms with Gasteiger partial charge >= 0.3 is 6.18 Å². The van der Waals surface area contributed by atoms with Gasteiger partial charge in [0, 0.05) is 11.9 Å². The first-order chi connectivity index (χ1) is 9.79. The molecule has 0 saturated heterocycles. The minimum absolute atomic E-state index is 0.308. The van der Waals surface area contributed by atoms with Crippen molar-refractivity contribution in [3.8, 4) is 0 Å². The molecule has 1 N–H and O–H groups in total. The van der Waals surface area contributed by atoms with E-state index in [1.54, 1.807) is 0 Å². The quantitative estimate of drug-likeness (QED) is 0.680. The molecule has 110 valence electrons. The van der Waals surface area contributed by atoms with Crippen molar-refractivity contribution in [1.82, 2.24) is 4.98 Å². The van der Waals surface area contributed by atoms with E-state index in [1.807, 2.05) is 0 Å². The Kier molecular flexibility index (Phi) is 3.88. The Balaban J connectivity index is 2.29. The molecular formula is C13H7F5N2O. The summed E-state index contributed by atoms with van der Waals surface area (Å²) < 4.78 is 63.9. The Hall–Kier alpha value is -2.51. The van der Waals surface area contributed by atoms with Crippen LogP contribution in [0.25, 0.3) is 0 Å². The molecule has 1 amide bonds. The highest BCUT2D eigenvalue weighted by Gasteiger charge is 2.34. The Morgan fingerprint density at radius 1 is 1.14 bits per heavy atom. The van der Waals surface area contributed by atoms with E-state index in [9.17, 15) is 26.7 Å². The largest absolute Gasteiger partial charge is 0.419 e. The lowest BCUT2D eigenvalue weighted by Crippen LogP contribution is -2.16. The molecule has 0 aliphatic carbocycles. The molecule has 1 aromatic heterocycles. The van der Waals surface area contributed by atoms with Crippen LogP contribution in [0, 0.1) is 11.8 Å². The first kappa shape index (κ1) is 14.9. The molecule has 0 bridgehead atoms. The highest BCUT2D eigenvalue weighted by atomic mass is 19.4. The van der Waals surface area contributed by atoms with Crippen LogP contribution in [0.3, 0.4) is 0 Å². The fourth-order valence-corrected chi connectivity index (χ4v) is 1.57. The number of pyridine rings is 1. The van der Waals surface area contributed by atoms with E-state index in [4.69, 9.17) is 0 Å². The summed E-state index contributed by atoms with van der Waals surface area (Å²) in [5.74, 6) is -3.51. The van der Waals surface area contributed by atoms with Gasteiger partial charge in [-0.15, -0.1) is 0 Å². The van der Waals surface area contributed by atoms with Crippen LogP contribution in [0.2, 0.25) is 0 Å². The van der Waals surface area contributed by atoms with E-state index in [0.717, 1.165) is 18.3 Å². The molecule has 0 radical (unpaired) electrons. The third-order valence-corrected chi connectivity index (χ3v) is 2.53. The molecule has 0 saturated carbocycles. The van der Waals surface area contributed by atoms with Crippen molar-refractivity contribution in [1.29, 1.82) is 0 Å². The number of hydrogen-bond acceptors (Lipinski definition) is 2. The van der Waals surface area contributed by atoms with Gasteiger partial charge in [0.15, 0.2) is 0 Å². The van der Waals surface area contributed by atoms with Crippen molar-refractivity contribution in [2.45, 2.75) is 6.18 Å². The number of alkyl halides is 3. The third-order valence-electron chi connectivity index (χ3n) is 2.53. The Morgan fingerprint density at radius 3 is 2.48 bits per heavy atom. The molecule has 2 rings (SSSR count). The number of nitrogens with zero attached hydrogens (tertiary/aromatic N) is 1. The normalized spacial score (nSPS) is 11.3. The standard InChI is InChI=1S/C13H7F5N2O/c14-10-4-3-7(6-9(10)13(16,17)18)20-12(21)8-2-1-5-19-11(8)15/h1-6H,(H,20,21). The summed E-state index contributed by atoms with van der Waals surface area (Å²) in [6.45, 7) is 0. The Bertz CT molecular complexity index is 685. The minimum Gasteiger partial charge on any atom is -0.322 e. The van der Waals surface area contributed by atoms with Crippen molar-refractivity contribution in [3.63, 3.8) is 0 Å². The van der Waals surface area contributed by atoms with Gasteiger partial charge in [-0.25, -0.2) is 9.37 Å². The highest BCUT2D eigenvalue weighted by molar-refractivity contribution is 6.04. The van der Waals surface area contributed by atoms with Gasteiger partial charge < -0.3 is 5.32 Å². The van der Waals surface area contributed by atoms with Crippen LogP contribution in [0.1, 0.15) is 15.9 Å². The van der Waals surface area contributed by atoms with Crippen LogP contribution in [-0.4, -0.2) is 10.9 Å². The van der Waals surface area contributed by atoms with Crippen molar-refractivity contribution in [2.75, 3.05) is 5.32 Å². The predicted molar refractivity (Wildman–Crippen MR) is 63.6 cm³/mol. The van der Waals surface area contributed by atoms with Gasteiger partial charge in [0.1, 0.15) is 5.82 Å². The fraction of sp³-hybridized carbons (Fsp3) is 0.0769. The maximum Gasteiger partial charge on any atom is 0.419 e. The summed E-state index contributed by atoms with van der Waals surface area (Å²) in [7, 11) is 0. The number of nitrogens with one attached hydrogen (secondary N) is 1. The average Bonchev–Trinajstić information content (AvgIpc) is 2.40. The van der Waals surface area contributed by atoms with Crippen molar-refractivity contribution in [2.24, 2.45) is 0 Å². The molecule has 21 heavy (non-hydrogen) atoms. The molecule has 0 atom stereocenters. The molecule has 2 aromatic rings. The second-order valence-corrected chi connectivity index (χ2v) is 3.99. The second-order valence-electron chi connectivity index (χ2n) is 3.99. The Labute approximate surface area is 115 Å². The van der Waals surface area contributed by atoms with E-state index in [1.165, 1.54) is 6.07 Å². The number of halogens is 5. The van der Waals surface area contributed by atoms with E-state index < -0.39 is 35.0 Å². The molecule has 3 nitrogen and oxygen atoms in total. The number of anilines is 1. The average molecular weight is 302 g/mol. The topological polar surface area (TPSA) is 42.0 Å². The molecule has 1 heterocycles. The summed E-state index contributed by atoms with van der Waals surface area (Å²) in [5, 5.41) is 2.05. The van der Waals surface area contributed by atoms with Gasteiger partial charge in [-0.05, 0) is 30.3 Å². The Morgan fingerprint density at radius 2 is 1.86 bits per heavy atom. The number of carbonyl (C=O) groups excluding carboxylic acids is 1. The van der Waals surface area contributed by atoms with Crippen LogP contribution >= 0.6 is 0 Å². The number of aromatic nitrogens is 1. The van der Waals surface area contributed by atoms with Gasteiger partial charge in [0.25, 0.3) is 5.91 Å². The van der Waals surface area contributed by atoms with Crippen LogP contribution in [0.5, 0.6) is 0 Å². The summed E-state index contributed by atoms with van der Waals surface area (Å²) in [6.07, 6.45) is -3.78. The van der Waals surface area contributed by atoms with Crippen LogP contribution in [0.4, 0.5) is 27.6 Å². The summed E-state index contributed by atoms with van der Waals surface area (Å²) in [4.78, 5) is 15.0. The van der Waals surface area contributed by atoms with Gasteiger partial charge in [0.2, 0.25) is 5.95 Å². The number of rotatable bonds is 2. The lowest BCUT2D eigenvalue weighted by Gasteiger charge is -2.11. The van der Waals surface area contributed by atoms with Gasteiger partial charge in [-0.2, -0.15) is 17.6 Å². The van der Waals surface area contributed by atoms with Crippen LogP contribution < -0.4 is 5.32 Å². The number of amides is 1. The van der Waals surface area contributed by atoms with Crippen LogP contribution in [-0.2, 0) is 6.18 Å². The molecule has 8 heteroatoms. The maximum atomic E-state index is 13.3. The zero-order valence-corrected chi connectivity index (χ0v) is 10.2. The smallest absolute Gasteiger partial charge is 0.322 e. The highest BCUT2D eigenvalue weighted by Crippen LogP contribution is 2.33. The molecule has 0 aliphatic heterocycles. The predicted octanol–water partition coefficient (Wildman–Crippen LogP) is 3.63. The van der Waals surface area contributed by atoms with Gasteiger partial charge in [-0.1, -0.05) is 0 Å². The lowest BCUT2D eigenvalue weighted by atomic mass is 10.1. The van der Waals surface area contributed by atoms with Gasteiger partial charge in [-0.3, -0.25) is 4.79 Å². The molecule has 0 spiro atoms. The monoisotopic (exact) mass is 302 g/mol. The summed E-state index contributed by atoms with van der Waals surface area (Å²) >= 11 is 0. The van der Waals surface area contributed by atoms with Crippen LogP contribution in [0.15, 0.2) is 36.5 Å². The zero-order chi connectivity index (χ0) is 15.6. The van der Waals surface area contributed by atoms with Crippen molar-refractivity contribution in [3.05, 3.63) is 59.4 Å². The van der Waals surface area contributed by atoms with E-state index in [0.29, 0.717) is 12.1 Å². The maximum absolute atomic E-state index is 13.3. The van der Waals surface area contributed by atoms with Crippen molar-refractivity contribution < 1.29 is 26.7 Å². The molecule has 0 unspecified atom stereocenters. The minimum atomic E-state index is -4.90. The third kappa shape index (κ3) is 3.33. The van der Waals surface area contributed by atoms with E-state index in [-0.39, 0.29) is 5.69 Å². The molecule has 0 fully saturated rings. The zero-order valence-electron chi connectivity index (χ0n) is 10.2. The fourth-order valence-electron chi connectivity index (χ4n) is 1.57. The SMILES string of the molecule is O=C(Nc1ccc(F)c(C(F)(F)F)c1)c1cccnc1F. The summed E-state index contributed by atoms with van der Waals surface area (Å²) in [6, 6.07) is 4.35. The number of hydrogen-bond donors (Lipinski definition) is 1. The first-order valence-corrected chi connectivity index (χ1v) is 5.57. The second kappa shape index (κ2) is 5.47. The van der Waals surface area contributed by atoms with Crippen molar-refractivity contribution >= 4 is 11.6 Å². The number of benzene rings is 1. The van der Waals surface area contributed by atoms with E-state index >= 15 is 0 Å². The molecular weight excluding hydrogens is 295 g/mol. The molecule has 1 aromatic carbocycles. The summed E-state index contributed by atoms with van der Waals surface area (Å²) in [5.41, 5.74) is -2.26. The van der Waals surface area contributed by atoms with E-state index in [2.05, 4.69) is 10.3 Å². The lowest BCUT2D eigenvalue weighted by molar-refractivity contribution is -0.139. The van der Waals surface area contributed by atoms with Gasteiger partial charge in [0.05, 0.1) is 11.1 Å². The number of carbonyl (C=O) groups is 1. The molecule has 0 aliphatic rings. The first-order valence-electron chi connectivity index (χ1n) is 5.57.